The van der Waals surface area contributed by atoms with Crippen molar-refractivity contribution < 1.29 is 9.21 Å². The Hall–Kier alpha value is -3.67. The number of nitrogens with zero attached hydrogens (tertiary/aromatic N) is 3. The molecule has 0 fully saturated rings. The van der Waals surface area contributed by atoms with Crippen molar-refractivity contribution in [1.82, 2.24) is 20.1 Å². The van der Waals surface area contributed by atoms with Crippen molar-refractivity contribution in [3.8, 4) is 17.1 Å². The van der Waals surface area contributed by atoms with E-state index in [0.29, 0.717) is 17.3 Å². The number of carbonyl (C=O) groups is 1. The standard InChI is InChI=1S/C23H22N4O2/c1-15(20-14-24-27(16(20)2)19-12-8-5-9-13-19)25-22(28)21-17(3)29-23(26-21)18-10-6-4-7-11-18/h4-15H,1-3H3,(H,25,28). The number of oxazole rings is 1. The summed E-state index contributed by atoms with van der Waals surface area (Å²) in [6.45, 7) is 5.68. The molecule has 6 nitrogen and oxygen atoms in total. The van der Waals surface area contributed by atoms with Crippen LogP contribution in [0, 0.1) is 13.8 Å². The van der Waals surface area contributed by atoms with Gasteiger partial charge in [-0.2, -0.15) is 5.10 Å². The summed E-state index contributed by atoms with van der Waals surface area (Å²) >= 11 is 0. The maximum Gasteiger partial charge on any atom is 0.274 e. The van der Waals surface area contributed by atoms with E-state index in [4.69, 9.17) is 4.42 Å². The van der Waals surface area contributed by atoms with Crippen LogP contribution in [-0.2, 0) is 0 Å². The summed E-state index contributed by atoms with van der Waals surface area (Å²) in [6, 6.07) is 19.2. The lowest BCUT2D eigenvalue weighted by atomic mass is 10.1. The largest absolute Gasteiger partial charge is 0.441 e. The van der Waals surface area contributed by atoms with Gasteiger partial charge in [-0.3, -0.25) is 4.79 Å². The van der Waals surface area contributed by atoms with Crippen LogP contribution in [0.1, 0.15) is 40.5 Å². The zero-order valence-corrected chi connectivity index (χ0v) is 16.6. The van der Waals surface area contributed by atoms with Crippen molar-refractivity contribution >= 4 is 5.91 Å². The molecule has 4 rings (SSSR count). The summed E-state index contributed by atoms with van der Waals surface area (Å²) in [5, 5.41) is 7.49. The van der Waals surface area contributed by atoms with E-state index in [9.17, 15) is 4.79 Å². The molecular formula is C23H22N4O2. The third-order valence-electron chi connectivity index (χ3n) is 4.90. The number of amides is 1. The molecule has 1 unspecified atom stereocenters. The predicted octanol–water partition coefficient (Wildman–Crippen LogP) is 4.64. The molecule has 0 aliphatic heterocycles. The Bertz CT molecular complexity index is 1130. The fourth-order valence-corrected chi connectivity index (χ4v) is 3.33. The van der Waals surface area contributed by atoms with Crippen LogP contribution in [0.25, 0.3) is 17.1 Å². The summed E-state index contributed by atoms with van der Waals surface area (Å²) in [4.78, 5) is 17.2. The molecule has 2 aromatic carbocycles. The maximum atomic E-state index is 12.8. The van der Waals surface area contributed by atoms with Gasteiger partial charge in [0.05, 0.1) is 17.9 Å². The minimum atomic E-state index is -0.271. The molecule has 1 N–H and O–H groups in total. The van der Waals surface area contributed by atoms with Crippen molar-refractivity contribution in [1.29, 1.82) is 0 Å². The van der Waals surface area contributed by atoms with E-state index in [1.54, 1.807) is 13.1 Å². The zero-order valence-electron chi connectivity index (χ0n) is 16.6. The quantitative estimate of drug-likeness (QED) is 0.542. The van der Waals surface area contributed by atoms with Gasteiger partial charge in [0, 0.05) is 16.8 Å². The highest BCUT2D eigenvalue weighted by Gasteiger charge is 2.22. The van der Waals surface area contributed by atoms with Crippen molar-refractivity contribution in [2.24, 2.45) is 0 Å². The number of hydrogen-bond donors (Lipinski definition) is 1. The second-order valence-electron chi connectivity index (χ2n) is 6.92. The van der Waals surface area contributed by atoms with Gasteiger partial charge in [0.2, 0.25) is 5.89 Å². The number of aryl methyl sites for hydroxylation is 1. The van der Waals surface area contributed by atoms with Gasteiger partial charge in [0.15, 0.2) is 5.69 Å². The highest BCUT2D eigenvalue weighted by atomic mass is 16.4. The molecule has 0 spiro atoms. The molecule has 6 heteroatoms. The van der Waals surface area contributed by atoms with Gasteiger partial charge in [-0.1, -0.05) is 36.4 Å². The van der Waals surface area contributed by atoms with Crippen LogP contribution in [0.15, 0.2) is 71.3 Å². The summed E-state index contributed by atoms with van der Waals surface area (Å²) < 4.78 is 7.57. The molecule has 0 aliphatic rings. The Labute approximate surface area is 169 Å². The lowest BCUT2D eigenvalue weighted by molar-refractivity contribution is 0.0934. The van der Waals surface area contributed by atoms with Crippen LogP contribution in [0.4, 0.5) is 0 Å². The molecule has 1 atom stereocenters. The molecule has 0 saturated heterocycles. The topological polar surface area (TPSA) is 73.0 Å². The van der Waals surface area contributed by atoms with Crippen molar-refractivity contribution in [3.05, 3.63) is 89.6 Å². The SMILES string of the molecule is Cc1oc(-c2ccccc2)nc1C(=O)NC(C)c1cnn(-c2ccccc2)c1C. The molecule has 4 aromatic rings. The van der Waals surface area contributed by atoms with E-state index in [-0.39, 0.29) is 11.9 Å². The molecule has 2 heterocycles. The van der Waals surface area contributed by atoms with E-state index in [1.807, 2.05) is 79.2 Å². The monoisotopic (exact) mass is 386 g/mol. The Balaban J connectivity index is 1.54. The summed E-state index contributed by atoms with van der Waals surface area (Å²) in [5.74, 6) is 0.659. The summed E-state index contributed by atoms with van der Waals surface area (Å²) in [5.41, 5.74) is 4.04. The van der Waals surface area contributed by atoms with E-state index in [2.05, 4.69) is 15.4 Å². The van der Waals surface area contributed by atoms with Crippen LogP contribution in [0.3, 0.4) is 0 Å². The molecule has 1 amide bonds. The first-order valence-electron chi connectivity index (χ1n) is 9.48. The fourth-order valence-electron chi connectivity index (χ4n) is 3.33. The van der Waals surface area contributed by atoms with E-state index >= 15 is 0 Å². The zero-order chi connectivity index (χ0) is 20.4. The number of rotatable bonds is 5. The second-order valence-corrected chi connectivity index (χ2v) is 6.92. The van der Waals surface area contributed by atoms with Crippen molar-refractivity contribution in [2.45, 2.75) is 26.8 Å². The Kier molecular flexibility index (Phi) is 4.99. The Morgan fingerprint density at radius 2 is 1.69 bits per heavy atom. The molecule has 146 valence electrons. The molecule has 0 saturated carbocycles. The minimum Gasteiger partial charge on any atom is -0.441 e. The van der Waals surface area contributed by atoms with Gasteiger partial charge >= 0.3 is 0 Å². The average Bonchev–Trinajstić information content (AvgIpc) is 3.32. The fraction of sp³-hybridized carbons (Fsp3) is 0.174. The number of aromatic nitrogens is 3. The van der Waals surface area contributed by atoms with E-state index in [0.717, 1.165) is 22.5 Å². The van der Waals surface area contributed by atoms with Crippen LogP contribution in [0.5, 0.6) is 0 Å². The highest BCUT2D eigenvalue weighted by molar-refractivity contribution is 5.94. The Morgan fingerprint density at radius 1 is 1.03 bits per heavy atom. The van der Waals surface area contributed by atoms with E-state index < -0.39 is 0 Å². The Morgan fingerprint density at radius 3 is 2.38 bits per heavy atom. The third-order valence-corrected chi connectivity index (χ3v) is 4.90. The first kappa shape index (κ1) is 18.7. The van der Waals surface area contributed by atoms with Gasteiger partial charge in [-0.25, -0.2) is 9.67 Å². The number of benzene rings is 2. The number of nitrogens with one attached hydrogen (secondary N) is 1. The summed E-state index contributed by atoms with van der Waals surface area (Å²) in [6.07, 6.45) is 1.79. The average molecular weight is 386 g/mol. The summed E-state index contributed by atoms with van der Waals surface area (Å²) in [7, 11) is 0. The third kappa shape index (κ3) is 3.69. The lowest BCUT2D eigenvalue weighted by Gasteiger charge is -2.13. The first-order chi connectivity index (χ1) is 14.0. The molecule has 29 heavy (non-hydrogen) atoms. The van der Waals surface area contributed by atoms with Crippen LogP contribution < -0.4 is 5.32 Å². The van der Waals surface area contributed by atoms with Crippen molar-refractivity contribution in [2.75, 3.05) is 0 Å². The van der Waals surface area contributed by atoms with Crippen LogP contribution in [-0.4, -0.2) is 20.7 Å². The lowest BCUT2D eigenvalue weighted by Crippen LogP contribution is -2.27. The van der Waals surface area contributed by atoms with Crippen LogP contribution >= 0.6 is 0 Å². The molecule has 2 aromatic heterocycles. The number of carbonyl (C=O) groups excluding carboxylic acids is 1. The second kappa shape index (κ2) is 7.75. The van der Waals surface area contributed by atoms with Gasteiger partial charge in [0.25, 0.3) is 5.91 Å². The number of hydrogen-bond acceptors (Lipinski definition) is 4. The van der Waals surface area contributed by atoms with E-state index in [1.165, 1.54) is 0 Å². The van der Waals surface area contributed by atoms with Crippen molar-refractivity contribution in [3.63, 3.8) is 0 Å². The smallest absolute Gasteiger partial charge is 0.274 e. The van der Waals surface area contributed by atoms with Gasteiger partial charge in [-0.15, -0.1) is 0 Å². The van der Waals surface area contributed by atoms with Gasteiger partial charge in [0.1, 0.15) is 5.76 Å². The molecule has 0 aliphatic carbocycles. The molecular weight excluding hydrogens is 364 g/mol. The van der Waals surface area contributed by atoms with Crippen LogP contribution in [0.2, 0.25) is 0 Å². The normalized spacial score (nSPS) is 12.0. The number of para-hydroxylation sites is 1. The molecule has 0 radical (unpaired) electrons. The maximum absolute atomic E-state index is 12.8. The van der Waals surface area contributed by atoms with Gasteiger partial charge in [-0.05, 0) is 45.0 Å². The minimum absolute atomic E-state index is 0.226. The predicted molar refractivity (Wildman–Crippen MR) is 111 cm³/mol. The van der Waals surface area contributed by atoms with Gasteiger partial charge < -0.3 is 9.73 Å². The molecule has 0 bridgehead atoms. The highest BCUT2D eigenvalue weighted by Crippen LogP contribution is 2.23. The first-order valence-corrected chi connectivity index (χ1v) is 9.48.